The number of esters is 1. The topological polar surface area (TPSA) is 115 Å². The van der Waals surface area contributed by atoms with Crippen LogP contribution in [0, 0.1) is 13.8 Å². The average Bonchev–Trinajstić information content (AvgIpc) is 2.74. The van der Waals surface area contributed by atoms with Crippen molar-refractivity contribution in [3.05, 3.63) is 77.9 Å². The molecule has 0 fully saturated rings. The molecule has 3 aromatic rings. The third-order valence-electron chi connectivity index (χ3n) is 4.88. The second kappa shape index (κ2) is 9.40. The molecule has 0 saturated heterocycles. The highest BCUT2D eigenvalue weighted by molar-refractivity contribution is 7.93. The fraction of sp³-hybridized carbons (Fsp3) is 0.167. The molecule has 178 valence electrons. The Bertz CT molecular complexity index is 1460. The molecule has 0 aromatic heterocycles. The number of benzene rings is 3. The second-order valence-corrected chi connectivity index (χ2v) is 11.3. The number of sulfonamides is 1. The maximum Gasteiger partial charge on any atom is 0.308 e. The molecule has 0 heterocycles. The predicted molar refractivity (Wildman–Crippen MR) is 126 cm³/mol. The van der Waals surface area contributed by atoms with Crippen LogP contribution in [0.2, 0.25) is 0 Å². The normalized spacial score (nSPS) is 11.6. The van der Waals surface area contributed by atoms with Crippen LogP contribution in [0.3, 0.4) is 0 Å². The molecule has 0 radical (unpaired) electrons. The van der Waals surface area contributed by atoms with E-state index in [2.05, 4.69) is 0 Å². The largest absolute Gasteiger partial charge is 0.425 e. The third kappa shape index (κ3) is 5.02. The summed E-state index contributed by atoms with van der Waals surface area (Å²) < 4.78 is 59.0. The molecule has 0 unspecified atom stereocenters. The van der Waals surface area contributed by atoms with E-state index in [0.29, 0.717) is 4.31 Å². The lowest BCUT2D eigenvalue weighted by atomic mass is 10.2. The van der Waals surface area contributed by atoms with Gasteiger partial charge in [-0.3, -0.25) is 9.59 Å². The van der Waals surface area contributed by atoms with Gasteiger partial charge < -0.3 is 4.74 Å². The van der Waals surface area contributed by atoms with E-state index in [-0.39, 0.29) is 21.2 Å². The molecule has 0 saturated carbocycles. The molecule has 3 rings (SSSR count). The molecule has 0 bridgehead atoms. The number of hydrogen-bond donors (Lipinski definition) is 0. The molecule has 3 aromatic carbocycles. The summed E-state index contributed by atoms with van der Waals surface area (Å²) in [5.74, 6) is -1.89. The maximum absolute atomic E-state index is 13.4. The van der Waals surface area contributed by atoms with E-state index in [9.17, 15) is 26.4 Å². The fourth-order valence-electron chi connectivity index (χ4n) is 3.22. The lowest BCUT2D eigenvalue weighted by Gasteiger charge is -2.22. The number of carbonyl (C=O) groups is 2. The Kier molecular flexibility index (Phi) is 6.94. The standard InChI is InChI=1S/C24H23NO7S2/c1-16-5-10-21(11-6-16)33(28,29)24-15-20(9-14-23(24)32-19(4)27)25(18(3)26)34(30,31)22-12-7-17(2)8-13-22/h5-15H,1-4H3. The van der Waals surface area contributed by atoms with E-state index in [1.54, 1.807) is 38.1 Å². The van der Waals surface area contributed by atoms with Gasteiger partial charge >= 0.3 is 5.97 Å². The molecule has 0 aliphatic carbocycles. The van der Waals surface area contributed by atoms with Crippen molar-refractivity contribution in [1.29, 1.82) is 0 Å². The smallest absolute Gasteiger partial charge is 0.308 e. The highest BCUT2D eigenvalue weighted by atomic mass is 32.2. The predicted octanol–water partition coefficient (Wildman–Crippen LogP) is 3.80. The van der Waals surface area contributed by atoms with Crippen molar-refractivity contribution in [3.8, 4) is 5.75 Å². The quantitative estimate of drug-likeness (QED) is 0.373. The van der Waals surface area contributed by atoms with Gasteiger partial charge in [-0.15, -0.1) is 0 Å². The van der Waals surface area contributed by atoms with E-state index >= 15 is 0 Å². The van der Waals surface area contributed by atoms with Crippen molar-refractivity contribution in [2.24, 2.45) is 0 Å². The lowest BCUT2D eigenvalue weighted by Crippen LogP contribution is -2.35. The van der Waals surface area contributed by atoms with Gasteiger partial charge in [-0.05, 0) is 56.3 Å². The number of nitrogens with zero attached hydrogens (tertiary/aromatic N) is 1. The Hall–Kier alpha value is -3.50. The Balaban J connectivity index is 2.24. The zero-order chi connectivity index (χ0) is 25.3. The van der Waals surface area contributed by atoms with Crippen LogP contribution in [0.4, 0.5) is 5.69 Å². The van der Waals surface area contributed by atoms with Gasteiger partial charge in [0.25, 0.3) is 10.0 Å². The monoisotopic (exact) mass is 501 g/mol. The van der Waals surface area contributed by atoms with E-state index in [4.69, 9.17) is 4.74 Å². The summed E-state index contributed by atoms with van der Waals surface area (Å²) in [6.07, 6.45) is 0. The average molecular weight is 502 g/mol. The summed E-state index contributed by atoms with van der Waals surface area (Å²) in [5, 5.41) is 0. The van der Waals surface area contributed by atoms with E-state index < -0.39 is 36.6 Å². The first kappa shape index (κ1) is 25.1. The zero-order valence-corrected chi connectivity index (χ0v) is 20.6. The third-order valence-corrected chi connectivity index (χ3v) is 8.49. The summed E-state index contributed by atoms with van der Waals surface area (Å²) in [4.78, 5) is 23.4. The molecule has 0 N–H and O–H groups in total. The fourth-order valence-corrected chi connectivity index (χ4v) is 6.04. The van der Waals surface area contributed by atoms with Crippen molar-refractivity contribution < 1.29 is 31.2 Å². The number of carbonyl (C=O) groups excluding carboxylic acids is 2. The molecule has 0 atom stereocenters. The number of sulfone groups is 1. The van der Waals surface area contributed by atoms with E-state index in [0.717, 1.165) is 37.1 Å². The van der Waals surface area contributed by atoms with Crippen LogP contribution in [0.25, 0.3) is 0 Å². The van der Waals surface area contributed by atoms with Gasteiger partial charge in [0.2, 0.25) is 15.7 Å². The van der Waals surface area contributed by atoms with Crippen LogP contribution in [0.5, 0.6) is 5.75 Å². The Labute approximate surface area is 198 Å². The van der Waals surface area contributed by atoms with E-state index in [1.807, 2.05) is 0 Å². The second-order valence-electron chi connectivity index (χ2n) is 7.64. The van der Waals surface area contributed by atoms with Crippen LogP contribution in [-0.4, -0.2) is 28.7 Å². The van der Waals surface area contributed by atoms with Crippen LogP contribution < -0.4 is 9.04 Å². The van der Waals surface area contributed by atoms with Gasteiger partial charge in [0.15, 0.2) is 0 Å². The number of amides is 1. The van der Waals surface area contributed by atoms with Gasteiger partial charge in [0, 0.05) is 13.8 Å². The van der Waals surface area contributed by atoms with Crippen molar-refractivity contribution in [2.75, 3.05) is 4.31 Å². The summed E-state index contributed by atoms with van der Waals surface area (Å²) in [6, 6.07) is 15.2. The highest BCUT2D eigenvalue weighted by Gasteiger charge is 2.31. The summed E-state index contributed by atoms with van der Waals surface area (Å²) in [5.41, 5.74) is 1.44. The minimum Gasteiger partial charge on any atom is -0.425 e. The summed E-state index contributed by atoms with van der Waals surface area (Å²) in [7, 11) is -8.60. The molecule has 34 heavy (non-hydrogen) atoms. The van der Waals surface area contributed by atoms with Crippen LogP contribution >= 0.6 is 0 Å². The molecule has 1 amide bonds. The zero-order valence-electron chi connectivity index (χ0n) is 19.0. The molecular formula is C24H23NO7S2. The van der Waals surface area contributed by atoms with Crippen LogP contribution in [0.1, 0.15) is 25.0 Å². The van der Waals surface area contributed by atoms with Crippen molar-refractivity contribution in [1.82, 2.24) is 0 Å². The van der Waals surface area contributed by atoms with Gasteiger partial charge in [-0.2, -0.15) is 0 Å². The summed E-state index contributed by atoms with van der Waals surface area (Å²) in [6.45, 7) is 5.75. The molecule has 10 heteroatoms. The Morgan fingerprint density at radius 1 is 0.735 bits per heavy atom. The Morgan fingerprint density at radius 3 is 1.71 bits per heavy atom. The number of anilines is 1. The van der Waals surface area contributed by atoms with E-state index in [1.165, 1.54) is 30.3 Å². The number of hydrogen-bond acceptors (Lipinski definition) is 7. The van der Waals surface area contributed by atoms with Gasteiger partial charge in [0.05, 0.1) is 15.5 Å². The van der Waals surface area contributed by atoms with Crippen LogP contribution in [-0.2, 0) is 29.4 Å². The number of aryl methyl sites for hydroxylation is 2. The first-order valence-electron chi connectivity index (χ1n) is 10.1. The molecule has 0 aliphatic heterocycles. The minimum absolute atomic E-state index is 0.0839. The first-order valence-corrected chi connectivity index (χ1v) is 13.0. The molecular weight excluding hydrogens is 478 g/mol. The SMILES string of the molecule is CC(=O)Oc1ccc(N(C(C)=O)S(=O)(=O)c2ccc(C)cc2)cc1S(=O)(=O)c1ccc(C)cc1. The molecule has 0 aliphatic rings. The van der Waals surface area contributed by atoms with Crippen molar-refractivity contribution in [3.63, 3.8) is 0 Å². The summed E-state index contributed by atoms with van der Waals surface area (Å²) >= 11 is 0. The Morgan fingerprint density at radius 2 is 1.24 bits per heavy atom. The number of ether oxygens (including phenoxy) is 1. The maximum atomic E-state index is 13.4. The first-order chi connectivity index (χ1) is 15.8. The van der Waals surface area contributed by atoms with Crippen molar-refractivity contribution in [2.45, 2.75) is 42.4 Å². The molecule has 8 nitrogen and oxygen atoms in total. The minimum atomic E-state index is -4.36. The number of rotatable bonds is 6. The molecule has 0 spiro atoms. The van der Waals surface area contributed by atoms with Crippen LogP contribution in [0.15, 0.2) is 81.4 Å². The van der Waals surface area contributed by atoms with Crippen molar-refractivity contribution >= 4 is 37.4 Å². The van der Waals surface area contributed by atoms with Gasteiger partial charge in [-0.1, -0.05) is 35.4 Å². The highest BCUT2D eigenvalue weighted by Crippen LogP contribution is 2.35. The van der Waals surface area contributed by atoms with Gasteiger partial charge in [-0.25, -0.2) is 21.1 Å². The van der Waals surface area contributed by atoms with Gasteiger partial charge in [0.1, 0.15) is 10.6 Å². The lowest BCUT2D eigenvalue weighted by molar-refractivity contribution is -0.132.